The predicted molar refractivity (Wildman–Crippen MR) is 107 cm³/mol. The van der Waals surface area contributed by atoms with Crippen molar-refractivity contribution < 1.29 is 8.42 Å². The van der Waals surface area contributed by atoms with Gasteiger partial charge in [0.05, 0.1) is 10.5 Å². The van der Waals surface area contributed by atoms with Crippen molar-refractivity contribution in [2.24, 2.45) is 16.8 Å². The summed E-state index contributed by atoms with van der Waals surface area (Å²) in [6.45, 7) is 7.94. The van der Waals surface area contributed by atoms with Crippen molar-refractivity contribution >= 4 is 39.8 Å². The molecule has 1 heterocycles. The van der Waals surface area contributed by atoms with Crippen molar-refractivity contribution in [2.75, 3.05) is 32.4 Å². The normalized spacial score (nSPS) is 30.4. The number of hydrogen-bond donors (Lipinski definition) is 1. The Hall–Kier alpha value is -0.0500. The van der Waals surface area contributed by atoms with Crippen molar-refractivity contribution in [1.82, 2.24) is 10.2 Å². The molecule has 1 N–H and O–H groups in total. The van der Waals surface area contributed by atoms with Crippen LogP contribution in [0.1, 0.15) is 46.5 Å². The van der Waals surface area contributed by atoms with Gasteiger partial charge in [0.15, 0.2) is 15.8 Å². The Morgan fingerprint density at radius 2 is 1.96 bits per heavy atom. The smallest absolute Gasteiger partial charge is 0.193 e. The van der Waals surface area contributed by atoms with E-state index in [4.69, 9.17) is 0 Å². The van der Waals surface area contributed by atoms with Crippen LogP contribution in [0.3, 0.4) is 0 Å². The van der Waals surface area contributed by atoms with E-state index in [-0.39, 0.29) is 29.7 Å². The van der Waals surface area contributed by atoms with E-state index in [1.807, 2.05) is 13.8 Å². The lowest BCUT2D eigenvalue weighted by atomic mass is 9.80. The fourth-order valence-electron chi connectivity index (χ4n) is 3.58. The molecule has 0 aromatic carbocycles. The third-order valence-corrected chi connectivity index (χ3v) is 7.90. The first-order valence-electron chi connectivity index (χ1n) is 8.45. The minimum atomic E-state index is -3.00. The van der Waals surface area contributed by atoms with Gasteiger partial charge in [-0.3, -0.25) is 4.99 Å². The summed E-state index contributed by atoms with van der Waals surface area (Å²) in [5, 5.41) is 3.49. The van der Waals surface area contributed by atoms with E-state index in [2.05, 4.69) is 22.1 Å². The molecule has 0 aromatic heterocycles. The number of halogens is 1. The van der Waals surface area contributed by atoms with Crippen LogP contribution in [-0.4, -0.2) is 56.5 Å². The summed E-state index contributed by atoms with van der Waals surface area (Å²) in [5.41, 5.74) is 0. The minimum absolute atomic E-state index is 0. The quantitative estimate of drug-likeness (QED) is 0.393. The number of aliphatic imine (C=N–C) groups is 1. The number of sulfone groups is 1. The Balaban J connectivity index is 0.00000264. The van der Waals surface area contributed by atoms with E-state index >= 15 is 0 Å². The highest BCUT2D eigenvalue weighted by Gasteiger charge is 2.41. The van der Waals surface area contributed by atoms with Crippen molar-refractivity contribution in [3.05, 3.63) is 0 Å². The molecule has 0 aromatic rings. The zero-order valence-electron chi connectivity index (χ0n) is 14.8. The second kappa shape index (κ2) is 8.36. The van der Waals surface area contributed by atoms with Crippen molar-refractivity contribution in [3.63, 3.8) is 0 Å². The van der Waals surface area contributed by atoms with Crippen LogP contribution in [0, 0.1) is 11.8 Å². The van der Waals surface area contributed by atoms with Gasteiger partial charge in [-0.15, -0.1) is 24.0 Å². The first-order valence-corrected chi connectivity index (χ1v) is 10.1. The molecule has 1 aliphatic carbocycles. The predicted octanol–water partition coefficient (Wildman–Crippen LogP) is 2.52. The van der Waals surface area contributed by atoms with Gasteiger partial charge >= 0.3 is 0 Å². The molecular weight excluding hydrogens is 425 g/mol. The second-order valence-electron chi connectivity index (χ2n) is 7.45. The van der Waals surface area contributed by atoms with Gasteiger partial charge in [-0.05, 0) is 32.1 Å². The van der Waals surface area contributed by atoms with E-state index in [9.17, 15) is 8.42 Å². The Morgan fingerprint density at radius 1 is 1.30 bits per heavy atom. The average Bonchev–Trinajstić information content (AvgIpc) is 2.45. The van der Waals surface area contributed by atoms with Crippen LogP contribution in [0.15, 0.2) is 4.99 Å². The summed E-state index contributed by atoms with van der Waals surface area (Å²) in [6, 6.07) is 0. The summed E-state index contributed by atoms with van der Waals surface area (Å²) in [4.78, 5) is 6.46. The molecule has 0 bridgehead atoms. The summed E-state index contributed by atoms with van der Waals surface area (Å²) in [7, 11) is -1.22. The van der Waals surface area contributed by atoms with Gasteiger partial charge in [-0.1, -0.05) is 26.2 Å². The Bertz CT molecular complexity index is 519. The Kier molecular flexibility index (Phi) is 7.63. The van der Waals surface area contributed by atoms with Crippen LogP contribution >= 0.6 is 24.0 Å². The van der Waals surface area contributed by atoms with Gasteiger partial charge < -0.3 is 10.2 Å². The summed E-state index contributed by atoms with van der Waals surface area (Å²) in [5.74, 6) is 2.52. The van der Waals surface area contributed by atoms with E-state index < -0.39 is 14.6 Å². The minimum Gasteiger partial charge on any atom is -0.356 e. The molecule has 2 fully saturated rings. The number of nitrogens with one attached hydrogen (secondary N) is 1. The fourth-order valence-corrected chi connectivity index (χ4v) is 4.94. The lowest BCUT2D eigenvalue weighted by Crippen LogP contribution is -2.57. The Labute approximate surface area is 158 Å². The Morgan fingerprint density at radius 3 is 2.52 bits per heavy atom. The topological polar surface area (TPSA) is 61.8 Å². The zero-order valence-corrected chi connectivity index (χ0v) is 18.0. The number of rotatable bonds is 2. The number of guanidine groups is 1. The van der Waals surface area contributed by atoms with Gasteiger partial charge in [0.1, 0.15) is 0 Å². The van der Waals surface area contributed by atoms with Gasteiger partial charge in [0.25, 0.3) is 0 Å². The largest absolute Gasteiger partial charge is 0.356 e. The maximum atomic E-state index is 12.1. The molecule has 1 aliphatic heterocycles. The molecule has 1 saturated heterocycles. The first kappa shape index (κ1) is 21.0. The van der Waals surface area contributed by atoms with Crippen LogP contribution in [0.4, 0.5) is 0 Å². The van der Waals surface area contributed by atoms with E-state index in [1.165, 1.54) is 25.7 Å². The van der Waals surface area contributed by atoms with Crippen molar-refractivity contribution in [1.29, 1.82) is 0 Å². The molecule has 7 heteroatoms. The summed E-state index contributed by atoms with van der Waals surface area (Å²) >= 11 is 0. The van der Waals surface area contributed by atoms with Crippen LogP contribution in [0.25, 0.3) is 0 Å². The molecule has 2 rings (SSSR count). The van der Waals surface area contributed by atoms with Crippen LogP contribution in [0.5, 0.6) is 0 Å². The molecule has 1 saturated carbocycles. The molecular formula is C16H32IN3O2S. The van der Waals surface area contributed by atoms with Crippen molar-refractivity contribution in [2.45, 2.75) is 51.2 Å². The van der Waals surface area contributed by atoms with Gasteiger partial charge in [0, 0.05) is 26.7 Å². The van der Waals surface area contributed by atoms with E-state index in [1.54, 1.807) is 7.05 Å². The third-order valence-electron chi connectivity index (χ3n) is 5.37. The number of hydrogen-bond acceptors (Lipinski definition) is 3. The summed E-state index contributed by atoms with van der Waals surface area (Å²) < 4.78 is 23.5. The molecule has 2 atom stereocenters. The molecule has 5 nitrogen and oxygen atoms in total. The summed E-state index contributed by atoms with van der Waals surface area (Å²) in [6.07, 6.45) is 5.28. The molecule has 136 valence electrons. The average molecular weight is 457 g/mol. The van der Waals surface area contributed by atoms with Crippen LogP contribution in [-0.2, 0) is 9.84 Å². The molecule has 0 spiro atoms. The maximum absolute atomic E-state index is 12.1. The molecule has 0 amide bonds. The number of nitrogens with zero attached hydrogens (tertiary/aromatic N) is 2. The van der Waals surface area contributed by atoms with E-state index in [0.717, 1.165) is 18.4 Å². The lowest BCUT2D eigenvalue weighted by Gasteiger charge is -2.39. The third kappa shape index (κ3) is 4.96. The highest BCUT2D eigenvalue weighted by molar-refractivity contribution is 14.0. The highest BCUT2D eigenvalue weighted by atomic mass is 127. The van der Waals surface area contributed by atoms with E-state index in [0.29, 0.717) is 19.0 Å². The lowest BCUT2D eigenvalue weighted by molar-refractivity contribution is 0.252. The monoisotopic (exact) mass is 457 g/mol. The second-order valence-corrected chi connectivity index (χ2v) is 10.2. The van der Waals surface area contributed by atoms with Crippen LogP contribution < -0.4 is 5.32 Å². The maximum Gasteiger partial charge on any atom is 0.193 e. The zero-order chi connectivity index (χ0) is 16.4. The first-order chi connectivity index (χ1) is 10.3. The van der Waals surface area contributed by atoms with Crippen molar-refractivity contribution in [3.8, 4) is 0 Å². The molecule has 0 radical (unpaired) electrons. The molecule has 23 heavy (non-hydrogen) atoms. The van der Waals surface area contributed by atoms with Gasteiger partial charge in [0.2, 0.25) is 0 Å². The van der Waals surface area contributed by atoms with Crippen LogP contribution in [0.2, 0.25) is 0 Å². The molecule has 2 unspecified atom stereocenters. The van der Waals surface area contributed by atoms with Gasteiger partial charge in [-0.25, -0.2) is 8.42 Å². The SMILES string of the molecule is CN=C(NCC1CCCCC1C)N1CCS(=O)(=O)C(C)(C)C1.I. The highest BCUT2D eigenvalue weighted by Crippen LogP contribution is 2.29. The fraction of sp³-hybridized carbons (Fsp3) is 0.938. The van der Waals surface area contributed by atoms with Gasteiger partial charge in [-0.2, -0.15) is 0 Å². The standard InChI is InChI=1S/C16H31N3O2S.HI/c1-13-7-5-6-8-14(13)11-18-15(17-4)19-9-10-22(20,21)16(2,3)12-19;/h13-14H,5-12H2,1-4H3,(H,17,18);1H. The molecule has 2 aliphatic rings.